The lowest BCUT2D eigenvalue weighted by atomic mass is 9.80. The van der Waals surface area contributed by atoms with Gasteiger partial charge in [0, 0.05) is 42.9 Å². The van der Waals surface area contributed by atoms with Crippen molar-refractivity contribution >= 4 is 5.91 Å². The third-order valence-corrected chi connectivity index (χ3v) is 6.01. The molecule has 0 radical (unpaired) electrons. The number of rotatable bonds is 3. The summed E-state index contributed by atoms with van der Waals surface area (Å²) in [6.45, 7) is 1.87. The summed E-state index contributed by atoms with van der Waals surface area (Å²) in [6.07, 6.45) is 2.50. The van der Waals surface area contributed by atoms with Gasteiger partial charge in [0.2, 0.25) is 0 Å². The Labute approximate surface area is 168 Å². The van der Waals surface area contributed by atoms with Crippen LogP contribution in [0.2, 0.25) is 0 Å². The Kier molecular flexibility index (Phi) is 4.27. The van der Waals surface area contributed by atoms with Crippen molar-refractivity contribution in [1.82, 2.24) is 9.47 Å². The molecule has 2 aliphatic rings. The summed E-state index contributed by atoms with van der Waals surface area (Å²) in [6, 6.07) is 14.9. The van der Waals surface area contributed by atoms with Gasteiger partial charge in [-0.3, -0.25) is 9.59 Å². The minimum atomic E-state index is -0.0811. The Morgan fingerprint density at radius 2 is 1.90 bits per heavy atom. The molecule has 1 amide bonds. The quantitative estimate of drug-likeness (QED) is 0.688. The standard InChI is InChI=1S/C23H22N2O4/c1-28-18-6-4-16(5-7-18)19-8-9-21(26)25-13-15-11-17(22(19)25)14-24(12-15)23(27)20-3-2-10-29-20/h2-10,15,17H,11-14H2,1H3. The molecule has 0 saturated carbocycles. The molecule has 2 aromatic heterocycles. The SMILES string of the molecule is COc1ccc(-c2ccc(=O)n3c2C2CC(CN(C(=O)c4ccco4)C2)C3)cc1. The molecule has 0 N–H and O–H groups in total. The number of ether oxygens (including phenoxy) is 1. The number of likely N-dealkylation sites (tertiary alicyclic amines) is 1. The number of benzene rings is 1. The van der Waals surface area contributed by atoms with Gasteiger partial charge in [0.1, 0.15) is 5.75 Å². The molecule has 148 valence electrons. The fourth-order valence-corrected chi connectivity index (χ4v) is 4.75. The van der Waals surface area contributed by atoms with Crippen molar-refractivity contribution in [2.75, 3.05) is 20.2 Å². The Hall–Kier alpha value is -3.28. The second-order valence-corrected chi connectivity index (χ2v) is 7.80. The largest absolute Gasteiger partial charge is 0.497 e. The summed E-state index contributed by atoms with van der Waals surface area (Å²) < 4.78 is 12.5. The molecule has 6 nitrogen and oxygen atoms in total. The molecular formula is C23H22N2O4. The van der Waals surface area contributed by atoms with Crippen LogP contribution in [0.15, 0.2) is 64.0 Å². The summed E-state index contributed by atoms with van der Waals surface area (Å²) in [5.41, 5.74) is 3.14. The fraction of sp³-hybridized carbons (Fsp3) is 0.304. The van der Waals surface area contributed by atoms with E-state index in [1.807, 2.05) is 39.8 Å². The van der Waals surface area contributed by atoms with Gasteiger partial charge in [0.05, 0.1) is 13.4 Å². The van der Waals surface area contributed by atoms with Crippen molar-refractivity contribution in [2.24, 2.45) is 5.92 Å². The number of piperidine rings is 1. The van der Waals surface area contributed by atoms with E-state index in [1.54, 1.807) is 25.3 Å². The van der Waals surface area contributed by atoms with Gasteiger partial charge in [-0.15, -0.1) is 0 Å². The Bertz CT molecular complexity index is 1100. The molecule has 2 bridgehead atoms. The predicted octanol–water partition coefficient (Wildman–Crippen LogP) is 3.38. The Balaban J connectivity index is 1.54. The van der Waals surface area contributed by atoms with Crippen molar-refractivity contribution < 1.29 is 13.9 Å². The number of amides is 1. The molecule has 1 aromatic carbocycles. The predicted molar refractivity (Wildman–Crippen MR) is 108 cm³/mol. The number of aromatic nitrogens is 1. The highest BCUT2D eigenvalue weighted by molar-refractivity contribution is 5.91. The van der Waals surface area contributed by atoms with Gasteiger partial charge in [0.25, 0.3) is 11.5 Å². The number of fused-ring (bicyclic) bond motifs is 4. The molecule has 1 fully saturated rings. The lowest BCUT2D eigenvalue weighted by Crippen LogP contribution is -2.49. The van der Waals surface area contributed by atoms with Gasteiger partial charge in [-0.25, -0.2) is 0 Å². The molecule has 2 aliphatic heterocycles. The first-order chi connectivity index (χ1) is 14.1. The smallest absolute Gasteiger partial charge is 0.289 e. The molecule has 3 aromatic rings. The van der Waals surface area contributed by atoms with Crippen LogP contribution in [-0.4, -0.2) is 35.6 Å². The second kappa shape index (κ2) is 6.95. The summed E-state index contributed by atoms with van der Waals surface area (Å²) in [5.74, 6) is 1.47. The fourth-order valence-electron chi connectivity index (χ4n) is 4.75. The summed E-state index contributed by atoms with van der Waals surface area (Å²) in [5, 5.41) is 0. The van der Waals surface area contributed by atoms with Crippen LogP contribution in [0.3, 0.4) is 0 Å². The number of furan rings is 1. The zero-order chi connectivity index (χ0) is 20.0. The van der Waals surface area contributed by atoms with E-state index in [0.717, 1.165) is 29.0 Å². The number of nitrogens with zero attached hydrogens (tertiary/aromatic N) is 2. The summed E-state index contributed by atoms with van der Waals surface area (Å²) in [4.78, 5) is 27.3. The molecule has 2 atom stereocenters. The number of carbonyl (C=O) groups excluding carboxylic acids is 1. The van der Waals surface area contributed by atoms with E-state index < -0.39 is 0 Å². The Morgan fingerprint density at radius 1 is 1.07 bits per heavy atom. The van der Waals surface area contributed by atoms with E-state index in [4.69, 9.17) is 9.15 Å². The van der Waals surface area contributed by atoms with Crippen LogP contribution >= 0.6 is 0 Å². The lowest BCUT2D eigenvalue weighted by Gasteiger charge is -2.43. The lowest BCUT2D eigenvalue weighted by molar-refractivity contribution is 0.0564. The number of methoxy groups -OCH3 is 1. The molecule has 0 aliphatic carbocycles. The van der Waals surface area contributed by atoms with Crippen LogP contribution in [-0.2, 0) is 6.54 Å². The number of hydrogen-bond acceptors (Lipinski definition) is 4. The third-order valence-electron chi connectivity index (χ3n) is 6.01. The van der Waals surface area contributed by atoms with E-state index >= 15 is 0 Å². The average molecular weight is 390 g/mol. The van der Waals surface area contributed by atoms with Crippen molar-refractivity contribution in [2.45, 2.75) is 18.9 Å². The van der Waals surface area contributed by atoms with Crippen molar-refractivity contribution in [3.8, 4) is 16.9 Å². The first-order valence-electron chi connectivity index (χ1n) is 9.85. The minimum absolute atomic E-state index is 0.0257. The van der Waals surface area contributed by atoms with Crippen LogP contribution in [0.25, 0.3) is 11.1 Å². The maximum absolute atomic E-state index is 12.8. The summed E-state index contributed by atoms with van der Waals surface area (Å²) in [7, 11) is 1.64. The van der Waals surface area contributed by atoms with E-state index in [0.29, 0.717) is 25.4 Å². The second-order valence-electron chi connectivity index (χ2n) is 7.80. The van der Waals surface area contributed by atoms with Crippen molar-refractivity contribution in [3.05, 3.63) is 76.6 Å². The topological polar surface area (TPSA) is 64.7 Å². The number of hydrogen-bond donors (Lipinski definition) is 0. The molecular weight excluding hydrogens is 368 g/mol. The van der Waals surface area contributed by atoms with E-state index in [2.05, 4.69) is 0 Å². The zero-order valence-electron chi connectivity index (χ0n) is 16.2. The van der Waals surface area contributed by atoms with Gasteiger partial charge in [-0.05, 0) is 48.2 Å². The normalized spacial score (nSPS) is 20.2. The molecule has 1 saturated heterocycles. The number of pyridine rings is 1. The molecule has 6 heteroatoms. The highest BCUT2D eigenvalue weighted by Crippen LogP contribution is 2.40. The van der Waals surface area contributed by atoms with Gasteiger partial charge >= 0.3 is 0 Å². The monoisotopic (exact) mass is 390 g/mol. The van der Waals surface area contributed by atoms with Gasteiger partial charge in [0.15, 0.2) is 5.76 Å². The highest BCUT2D eigenvalue weighted by Gasteiger charge is 2.38. The van der Waals surface area contributed by atoms with E-state index in [-0.39, 0.29) is 23.3 Å². The zero-order valence-corrected chi connectivity index (χ0v) is 16.2. The van der Waals surface area contributed by atoms with Crippen molar-refractivity contribution in [3.63, 3.8) is 0 Å². The average Bonchev–Trinajstić information content (AvgIpc) is 3.29. The minimum Gasteiger partial charge on any atom is -0.497 e. The van der Waals surface area contributed by atoms with Crippen LogP contribution in [0.4, 0.5) is 0 Å². The van der Waals surface area contributed by atoms with E-state index in [9.17, 15) is 9.59 Å². The van der Waals surface area contributed by atoms with Gasteiger partial charge < -0.3 is 18.6 Å². The molecule has 0 spiro atoms. The number of carbonyl (C=O) groups is 1. The maximum Gasteiger partial charge on any atom is 0.289 e. The summed E-state index contributed by atoms with van der Waals surface area (Å²) >= 11 is 0. The van der Waals surface area contributed by atoms with Gasteiger partial charge in [-0.1, -0.05) is 12.1 Å². The van der Waals surface area contributed by atoms with Crippen LogP contribution in [0.5, 0.6) is 5.75 Å². The molecule has 29 heavy (non-hydrogen) atoms. The Morgan fingerprint density at radius 3 is 2.62 bits per heavy atom. The van der Waals surface area contributed by atoms with E-state index in [1.165, 1.54) is 6.26 Å². The maximum atomic E-state index is 12.8. The first-order valence-corrected chi connectivity index (χ1v) is 9.85. The van der Waals surface area contributed by atoms with Crippen LogP contribution < -0.4 is 10.3 Å². The first kappa shape index (κ1) is 17.8. The third kappa shape index (κ3) is 3.05. The van der Waals surface area contributed by atoms with Gasteiger partial charge in [-0.2, -0.15) is 0 Å². The molecule has 4 heterocycles. The van der Waals surface area contributed by atoms with Crippen molar-refractivity contribution in [1.29, 1.82) is 0 Å². The van der Waals surface area contributed by atoms with Crippen LogP contribution in [0.1, 0.15) is 28.6 Å². The highest BCUT2D eigenvalue weighted by atomic mass is 16.5. The van der Waals surface area contributed by atoms with Crippen LogP contribution in [0, 0.1) is 5.92 Å². The molecule has 2 unspecified atom stereocenters. The molecule has 5 rings (SSSR count).